The van der Waals surface area contributed by atoms with Crippen molar-refractivity contribution in [2.45, 2.75) is 64.6 Å². The highest BCUT2D eigenvalue weighted by Crippen LogP contribution is 2.61. The summed E-state index contributed by atoms with van der Waals surface area (Å²) in [6.07, 6.45) is 10.8. The van der Waals surface area contributed by atoms with Gasteiger partial charge in [0.2, 0.25) is 0 Å². The molecule has 0 aliphatic heterocycles. The Kier molecular flexibility index (Phi) is 4.13. The monoisotopic (exact) mass is 314 g/mol. The molecule has 4 aliphatic carbocycles. The highest BCUT2D eigenvalue weighted by molar-refractivity contribution is 5.27. The van der Waals surface area contributed by atoms with Crippen LogP contribution < -0.4 is 4.74 Å². The van der Waals surface area contributed by atoms with Crippen molar-refractivity contribution in [3.05, 3.63) is 29.8 Å². The highest BCUT2D eigenvalue weighted by Gasteiger charge is 2.51. The van der Waals surface area contributed by atoms with Crippen LogP contribution in [-0.4, -0.2) is 13.4 Å². The molecule has 23 heavy (non-hydrogen) atoms. The molecule has 2 heteroatoms. The Morgan fingerprint density at radius 2 is 1.57 bits per heavy atom. The van der Waals surface area contributed by atoms with Gasteiger partial charge in [-0.25, -0.2) is 0 Å². The van der Waals surface area contributed by atoms with E-state index in [1.54, 1.807) is 7.11 Å². The van der Waals surface area contributed by atoms with E-state index in [0.29, 0.717) is 5.41 Å². The van der Waals surface area contributed by atoms with Gasteiger partial charge in [-0.15, -0.1) is 0 Å². The van der Waals surface area contributed by atoms with Gasteiger partial charge in [-0.2, -0.15) is 0 Å². The molecule has 0 spiro atoms. The largest absolute Gasteiger partial charge is 0.465 e. The maximum Gasteiger partial charge on any atom is 0.200 e. The maximum absolute atomic E-state index is 6.18. The van der Waals surface area contributed by atoms with Crippen LogP contribution in [0.5, 0.6) is 5.75 Å². The van der Waals surface area contributed by atoms with Crippen molar-refractivity contribution in [2.24, 2.45) is 23.2 Å². The van der Waals surface area contributed by atoms with Gasteiger partial charge in [0.25, 0.3) is 0 Å². The van der Waals surface area contributed by atoms with Gasteiger partial charge in [0, 0.05) is 13.5 Å². The number of aryl methyl sites for hydroxylation is 1. The molecule has 1 aromatic rings. The van der Waals surface area contributed by atoms with Crippen LogP contribution >= 0.6 is 0 Å². The minimum atomic E-state index is -0.0984. The molecular formula is C21H30O2. The topological polar surface area (TPSA) is 18.5 Å². The van der Waals surface area contributed by atoms with Gasteiger partial charge in [-0.05, 0) is 85.8 Å². The highest BCUT2D eigenvalue weighted by atomic mass is 16.7. The Morgan fingerprint density at radius 3 is 2.04 bits per heavy atom. The Morgan fingerprint density at radius 1 is 1.00 bits per heavy atom. The first-order chi connectivity index (χ1) is 11.2. The maximum atomic E-state index is 6.18. The van der Waals surface area contributed by atoms with E-state index in [4.69, 9.17) is 9.47 Å². The summed E-state index contributed by atoms with van der Waals surface area (Å²) < 4.78 is 11.9. The number of benzene rings is 1. The minimum Gasteiger partial charge on any atom is -0.465 e. The molecule has 1 aromatic carbocycles. The minimum absolute atomic E-state index is 0.0984. The zero-order valence-corrected chi connectivity index (χ0v) is 14.6. The third kappa shape index (κ3) is 3.15. The third-order valence-corrected chi connectivity index (χ3v) is 6.63. The van der Waals surface area contributed by atoms with Crippen molar-refractivity contribution in [1.29, 1.82) is 0 Å². The van der Waals surface area contributed by atoms with Gasteiger partial charge in [-0.3, -0.25) is 0 Å². The average Bonchev–Trinajstić information content (AvgIpc) is 2.53. The van der Waals surface area contributed by atoms with Crippen LogP contribution in [0, 0.1) is 23.2 Å². The molecule has 0 amide bonds. The van der Waals surface area contributed by atoms with E-state index in [1.165, 1.54) is 44.1 Å². The van der Waals surface area contributed by atoms with Gasteiger partial charge in [-0.1, -0.05) is 19.1 Å². The number of hydrogen-bond donors (Lipinski definition) is 0. The number of rotatable bonds is 6. The first-order valence-electron chi connectivity index (χ1n) is 9.46. The molecule has 0 radical (unpaired) electrons. The van der Waals surface area contributed by atoms with E-state index in [1.807, 2.05) is 0 Å². The van der Waals surface area contributed by atoms with E-state index in [9.17, 15) is 0 Å². The molecule has 4 bridgehead atoms. The average molecular weight is 314 g/mol. The SMILES string of the molecule is CCc1ccc(OC(CC23CC4CC(CC(C4)C2)C3)OC)cc1. The molecule has 0 saturated heterocycles. The molecule has 1 unspecified atom stereocenters. The van der Waals surface area contributed by atoms with Crippen LogP contribution in [0.2, 0.25) is 0 Å². The number of hydrogen-bond acceptors (Lipinski definition) is 2. The summed E-state index contributed by atoms with van der Waals surface area (Å²) in [5.41, 5.74) is 1.85. The van der Waals surface area contributed by atoms with E-state index < -0.39 is 0 Å². The molecule has 4 saturated carbocycles. The lowest BCUT2D eigenvalue weighted by molar-refractivity contribution is -0.129. The lowest BCUT2D eigenvalue weighted by Crippen LogP contribution is -2.48. The van der Waals surface area contributed by atoms with Crippen LogP contribution in [0.3, 0.4) is 0 Å². The first kappa shape index (κ1) is 15.5. The van der Waals surface area contributed by atoms with Crippen molar-refractivity contribution in [1.82, 2.24) is 0 Å². The molecule has 126 valence electrons. The molecule has 4 fully saturated rings. The molecule has 5 rings (SSSR count). The second-order valence-corrected chi connectivity index (χ2v) is 8.40. The molecular weight excluding hydrogens is 284 g/mol. The lowest BCUT2D eigenvalue weighted by atomic mass is 9.49. The second-order valence-electron chi connectivity index (χ2n) is 8.40. The summed E-state index contributed by atoms with van der Waals surface area (Å²) in [4.78, 5) is 0. The molecule has 0 aromatic heterocycles. The Bertz CT molecular complexity index is 498. The van der Waals surface area contributed by atoms with Crippen molar-refractivity contribution in [2.75, 3.05) is 7.11 Å². The zero-order chi connectivity index (χ0) is 15.9. The van der Waals surface area contributed by atoms with Crippen molar-refractivity contribution in [3.63, 3.8) is 0 Å². The summed E-state index contributed by atoms with van der Waals surface area (Å²) in [6.45, 7) is 2.18. The standard InChI is InChI=1S/C21H30O2/c1-3-15-4-6-19(7-5-15)23-20(22-2)14-21-11-16-8-17(12-21)10-18(9-16)13-21/h4-7,16-18,20H,3,8-14H2,1-2H3. The third-order valence-electron chi connectivity index (χ3n) is 6.63. The first-order valence-corrected chi connectivity index (χ1v) is 9.46. The van der Waals surface area contributed by atoms with Crippen molar-refractivity contribution in [3.8, 4) is 5.75 Å². The Labute approximate surface area is 140 Å². The Hall–Kier alpha value is -1.02. The molecule has 0 N–H and O–H groups in total. The van der Waals surface area contributed by atoms with Crippen LogP contribution in [0.1, 0.15) is 57.4 Å². The fourth-order valence-electron chi connectivity index (χ4n) is 6.02. The summed E-state index contributed by atoms with van der Waals surface area (Å²) in [5, 5.41) is 0. The van der Waals surface area contributed by atoms with Gasteiger partial charge in [0.15, 0.2) is 6.29 Å². The fourth-order valence-corrected chi connectivity index (χ4v) is 6.02. The molecule has 0 heterocycles. The van der Waals surface area contributed by atoms with Gasteiger partial charge >= 0.3 is 0 Å². The van der Waals surface area contributed by atoms with Crippen LogP contribution in [0.15, 0.2) is 24.3 Å². The lowest BCUT2D eigenvalue weighted by Gasteiger charge is -2.57. The van der Waals surface area contributed by atoms with E-state index in [0.717, 1.165) is 36.3 Å². The predicted octanol–water partition coefficient (Wildman–Crippen LogP) is 5.21. The molecule has 1 atom stereocenters. The fraction of sp³-hybridized carbons (Fsp3) is 0.714. The van der Waals surface area contributed by atoms with Gasteiger partial charge < -0.3 is 9.47 Å². The van der Waals surface area contributed by atoms with Crippen molar-refractivity contribution < 1.29 is 9.47 Å². The zero-order valence-electron chi connectivity index (χ0n) is 14.6. The normalized spacial score (nSPS) is 36.2. The number of ether oxygens (including phenoxy) is 2. The van der Waals surface area contributed by atoms with E-state index in [2.05, 4.69) is 31.2 Å². The second kappa shape index (κ2) is 6.12. The van der Waals surface area contributed by atoms with Crippen LogP contribution in [0.4, 0.5) is 0 Å². The van der Waals surface area contributed by atoms with Gasteiger partial charge in [0.1, 0.15) is 5.75 Å². The molecule has 4 aliphatic rings. The van der Waals surface area contributed by atoms with Crippen LogP contribution in [0.25, 0.3) is 0 Å². The van der Waals surface area contributed by atoms with Crippen LogP contribution in [-0.2, 0) is 11.2 Å². The summed E-state index contributed by atoms with van der Waals surface area (Å²) in [7, 11) is 1.80. The smallest absolute Gasteiger partial charge is 0.200 e. The summed E-state index contributed by atoms with van der Waals surface area (Å²) in [6, 6.07) is 8.49. The van der Waals surface area contributed by atoms with Gasteiger partial charge in [0.05, 0.1) is 0 Å². The van der Waals surface area contributed by atoms with Crippen molar-refractivity contribution >= 4 is 0 Å². The molecule has 2 nitrogen and oxygen atoms in total. The number of methoxy groups -OCH3 is 1. The van der Waals surface area contributed by atoms with E-state index in [-0.39, 0.29) is 6.29 Å². The predicted molar refractivity (Wildman–Crippen MR) is 92.5 cm³/mol. The summed E-state index contributed by atoms with van der Waals surface area (Å²) >= 11 is 0. The quantitative estimate of drug-likeness (QED) is 0.671. The Balaban J connectivity index is 1.43. The van der Waals surface area contributed by atoms with E-state index >= 15 is 0 Å². The summed E-state index contributed by atoms with van der Waals surface area (Å²) in [5.74, 6) is 3.91.